The summed E-state index contributed by atoms with van der Waals surface area (Å²) in [6, 6.07) is 4.48. The van der Waals surface area contributed by atoms with Crippen molar-refractivity contribution in [3.63, 3.8) is 0 Å². The Morgan fingerprint density at radius 3 is 2.97 bits per heavy atom. The van der Waals surface area contributed by atoms with Crippen LogP contribution in [0.5, 0.6) is 5.88 Å². The number of nitrogens with two attached hydrogens (primary N) is 1. The van der Waals surface area contributed by atoms with Gasteiger partial charge in [-0.3, -0.25) is 14.3 Å². The van der Waals surface area contributed by atoms with Crippen LogP contribution in [0.25, 0.3) is 11.1 Å². The zero-order valence-electron chi connectivity index (χ0n) is 17.3. The second-order valence-corrected chi connectivity index (χ2v) is 6.96. The molecule has 1 aromatic carbocycles. The molecule has 0 bridgehead atoms. The molecular formula is C21H21FN6O4. The molecule has 1 amide bonds. The largest absolute Gasteiger partial charge is 0.475 e. The molecule has 0 saturated heterocycles. The van der Waals surface area contributed by atoms with Crippen molar-refractivity contribution in [1.82, 2.24) is 19.7 Å². The number of hydrogen-bond acceptors (Lipinski definition) is 8. The Bertz CT molecular complexity index is 1160. The monoisotopic (exact) mass is 440 g/mol. The highest BCUT2D eigenvalue weighted by Crippen LogP contribution is 2.30. The standard InChI is InChI=1S/C21H21FN6O4/c1-2-31-17(29)5-6-27-11-13(10-26-27)15-4-3-14(9-16(15)22)28-7-8-32-20-18(21(28)30)19(23)24-12-25-20/h3-4,9-12H,2,5-8H2,1H3,(H2,23,24,25). The van der Waals surface area contributed by atoms with Gasteiger partial charge in [0.15, 0.2) is 0 Å². The summed E-state index contributed by atoms with van der Waals surface area (Å²) in [7, 11) is 0. The minimum absolute atomic E-state index is 0.000718. The molecule has 2 aromatic heterocycles. The quantitative estimate of drug-likeness (QED) is 0.578. The average Bonchev–Trinajstić information content (AvgIpc) is 3.16. The first-order valence-electron chi connectivity index (χ1n) is 10.0. The van der Waals surface area contributed by atoms with Crippen molar-refractivity contribution in [3.8, 4) is 17.0 Å². The number of carbonyl (C=O) groups excluding carboxylic acids is 2. The van der Waals surface area contributed by atoms with Crippen LogP contribution in [-0.2, 0) is 16.1 Å². The summed E-state index contributed by atoms with van der Waals surface area (Å²) in [5.41, 5.74) is 7.11. The van der Waals surface area contributed by atoms with Crippen LogP contribution in [0.15, 0.2) is 36.9 Å². The number of anilines is 2. The summed E-state index contributed by atoms with van der Waals surface area (Å²) in [5.74, 6) is -1.20. The van der Waals surface area contributed by atoms with Gasteiger partial charge in [-0.05, 0) is 25.1 Å². The van der Waals surface area contributed by atoms with E-state index in [1.165, 1.54) is 23.5 Å². The van der Waals surface area contributed by atoms with Crippen LogP contribution in [0.1, 0.15) is 23.7 Å². The molecule has 0 radical (unpaired) electrons. The lowest BCUT2D eigenvalue weighted by molar-refractivity contribution is -0.143. The first-order valence-corrected chi connectivity index (χ1v) is 10.0. The van der Waals surface area contributed by atoms with Gasteiger partial charge in [0.05, 0.1) is 32.3 Å². The number of rotatable bonds is 6. The first kappa shape index (κ1) is 21.2. The molecule has 3 heterocycles. The second-order valence-electron chi connectivity index (χ2n) is 6.96. The summed E-state index contributed by atoms with van der Waals surface area (Å²) in [5, 5.41) is 4.17. The highest BCUT2D eigenvalue weighted by atomic mass is 19.1. The van der Waals surface area contributed by atoms with Crippen LogP contribution in [0.3, 0.4) is 0 Å². The fourth-order valence-corrected chi connectivity index (χ4v) is 3.38. The summed E-state index contributed by atoms with van der Waals surface area (Å²) >= 11 is 0. The Kier molecular flexibility index (Phi) is 5.97. The highest BCUT2D eigenvalue weighted by Gasteiger charge is 2.29. The Labute approximate surface area is 182 Å². The molecule has 4 rings (SSSR count). The molecule has 3 aromatic rings. The molecule has 0 atom stereocenters. The van der Waals surface area contributed by atoms with Gasteiger partial charge in [-0.25, -0.2) is 14.4 Å². The summed E-state index contributed by atoms with van der Waals surface area (Å²) in [6.07, 6.45) is 4.56. The van der Waals surface area contributed by atoms with E-state index in [-0.39, 0.29) is 42.8 Å². The number of hydrogen-bond donors (Lipinski definition) is 1. The topological polar surface area (TPSA) is 125 Å². The molecule has 0 fully saturated rings. The van der Waals surface area contributed by atoms with Crippen molar-refractivity contribution in [2.45, 2.75) is 19.9 Å². The van der Waals surface area contributed by atoms with Gasteiger partial charge in [-0.1, -0.05) is 0 Å². The molecule has 32 heavy (non-hydrogen) atoms. The predicted octanol–water partition coefficient (Wildman–Crippen LogP) is 2.05. The van der Waals surface area contributed by atoms with Crippen molar-refractivity contribution in [2.24, 2.45) is 0 Å². The van der Waals surface area contributed by atoms with Gasteiger partial charge < -0.3 is 20.1 Å². The zero-order chi connectivity index (χ0) is 22.7. The fraction of sp³-hybridized carbons (Fsp3) is 0.286. The molecule has 2 N–H and O–H groups in total. The Balaban J connectivity index is 1.55. The fourth-order valence-electron chi connectivity index (χ4n) is 3.38. The van der Waals surface area contributed by atoms with Gasteiger partial charge in [0.1, 0.15) is 30.1 Å². The van der Waals surface area contributed by atoms with Crippen molar-refractivity contribution < 1.29 is 23.5 Å². The number of halogens is 1. The third-order valence-electron chi connectivity index (χ3n) is 4.91. The third kappa shape index (κ3) is 4.22. The Hall–Kier alpha value is -4.02. The van der Waals surface area contributed by atoms with Crippen LogP contribution in [0, 0.1) is 5.82 Å². The number of nitrogen functional groups attached to an aromatic ring is 1. The van der Waals surface area contributed by atoms with Crippen molar-refractivity contribution in [3.05, 3.63) is 48.3 Å². The second kappa shape index (κ2) is 9.00. The maximum Gasteiger partial charge on any atom is 0.307 e. The van der Waals surface area contributed by atoms with E-state index in [1.807, 2.05) is 0 Å². The number of aromatic nitrogens is 4. The molecule has 0 unspecified atom stereocenters. The molecular weight excluding hydrogens is 419 g/mol. The maximum absolute atomic E-state index is 15.0. The predicted molar refractivity (Wildman–Crippen MR) is 112 cm³/mol. The van der Waals surface area contributed by atoms with E-state index in [2.05, 4.69) is 15.1 Å². The Morgan fingerprint density at radius 1 is 1.34 bits per heavy atom. The van der Waals surface area contributed by atoms with Gasteiger partial charge in [0.25, 0.3) is 5.91 Å². The van der Waals surface area contributed by atoms with Crippen molar-refractivity contribution >= 4 is 23.4 Å². The van der Waals surface area contributed by atoms with E-state index < -0.39 is 11.7 Å². The van der Waals surface area contributed by atoms with E-state index in [1.54, 1.807) is 29.9 Å². The molecule has 1 aliphatic rings. The van der Waals surface area contributed by atoms with Crippen molar-refractivity contribution in [1.29, 1.82) is 0 Å². The van der Waals surface area contributed by atoms with Gasteiger partial charge in [-0.2, -0.15) is 5.10 Å². The van der Waals surface area contributed by atoms with Gasteiger partial charge in [-0.15, -0.1) is 0 Å². The number of benzene rings is 1. The maximum atomic E-state index is 15.0. The summed E-state index contributed by atoms with van der Waals surface area (Å²) in [4.78, 5) is 33.7. The molecule has 0 aliphatic carbocycles. The molecule has 0 spiro atoms. The van der Waals surface area contributed by atoms with E-state index in [0.29, 0.717) is 30.0 Å². The van der Waals surface area contributed by atoms with E-state index in [4.69, 9.17) is 15.2 Å². The van der Waals surface area contributed by atoms with E-state index in [9.17, 15) is 14.0 Å². The number of nitrogens with zero attached hydrogens (tertiary/aromatic N) is 5. The Morgan fingerprint density at radius 2 is 2.19 bits per heavy atom. The number of fused-ring (bicyclic) bond motifs is 1. The van der Waals surface area contributed by atoms with Crippen molar-refractivity contribution in [2.75, 3.05) is 30.4 Å². The van der Waals surface area contributed by atoms with Crippen LogP contribution >= 0.6 is 0 Å². The lowest BCUT2D eigenvalue weighted by atomic mass is 10.1. The minimum Gasteiger partial charge on any atom is -0.475 e. The first-order chi connectivity index (χ1) is 15.5. The number of ether oxygens (including phenoxy) is 2. The minimum atomic E-state index is -0.525. The average molecular weight is 440 g/mol. The smallest absolute Gasteiger partial charge is 0.307 e. The molecule has 0 saturated carbocycles. The van der Waals surface area contributed by atoms with Crippen LogP contribution in [0.4, 0.5) is 15.9 Å². The van der Waals surface area contributed by atoms with Gasteiger partial charge in [0.2, 0.25) is 5.88 Å². The summed E-state index contributed by atoms with van der Waals surface area (Å²) < 4.78 is 26.9. The number of carbonyl (C=O) groups is 2. The van der Waals surface area contributed by atoms with Gasteiger partial charge in [0, 0.05) is 23.0 Å². The van der Waals surface area contributed by atoms with E-state index >= 15 is 0 Å². The normalized spacial score (nSPS) is 13.3. The molecule has 166 valence electrons. The SMILES string of the molecule is CCOC(=O)CCn1cc(-c2ccc(N3CCOc4ncnc(N)c4C3=O)cc2F)cn1. The molecule has 1 aliphatic heterocycles. The molecule has 11 heteroatoms. The number of aryl methyl sites for hydroxylation is 1. The van der Waals surface area contributed by atoms with Crippen LogP contribution < -0.4 is 15.4 Å². The number of esters is 1. The van der Waals surface area contributed by atoms with Crippen LogP contribution in [0.2, 0.25) is 0 Å². The molecule has 10 nitrogen and oxygen atoms in total. The zero-order valence-corrected chi connectivity index (χ0v) is 17.3. The number of amides is 1. The summed E-state index contributed by atoms with van der Waals surface area (Å²) in [6.45, 7) is 2.75. The van der Waals surface area contributed by atoms with E-state index in [0.717, 1.165) is 0 Å². The van der Waals surface area contributed by atoms with Gasteiger partial charge >= 0.3 is 5.97 Å². The lowest BCUT2D eigenvalue weighted by Crippen LogP contribution is -2.32. The van der Waals surface area contributed by atoms with Crippen LogP contribution in [-0.4, -0.2) is 51.4 Å². The lowest BCUT2D eigenvalue weighted by Gasteiger charge is -2.20. The highest BCUT2D eigenvalue weighted by molar-refractivity contribution is 6.10. The third-order valence-corrected chi connectivity index (χ3v) is 4.91.